The molecule has 0 saturated heterocycles. The first-order chi connectivity index (χ1) is 10.4. The second-order valence-electron chi connectivity index (χ2n) is 5.09. The third-order valence-electron chi connectivity index (χ3n) is 3.25. The Morgan fingerprint density at radius 2 is 2.00 bits per heavy atom. The maximum Gasteiger partial charge on any atom is 0.236 e. The number of nitrogens with one attached hydrogen (secondary N) is 2. The number of benzene rings is 2. The summed E-state index contributed by atoms with van der Waals surface area (Å²) in [6, 6.07) is 11.7. The summed E-state index contributed by atoms with van der Waals surface area (Å²) in [4.78, 5) is 11.3. The fourth-order valence-corrected chi connectivity index (χ4v) is 3.74. The van der Waals surface area contributed by atoms with E-state index in [2.05, 4.69) is 10.0 Å². The monoisotopic (exact) mass is 336 g/mol. The van der Waals surface area contributed by atoms with Gasteiger partial charge in [-0.2, -0.15) is 0 Å². The van der Waals surface area contributed by atoms with Crippen molar-refractivity contribution in [2.24, 2.45) is 0 Å². The van der Waals surface area contributed by atoms with E-state index in [1.54, 1.807) is 42.5 Å². The molecule has 0 spiro atoms. The van der Waals surface area contributed by atoms with Crippen LogP contribution < -0.4 is 10.0 Å². The van der Waals surface area contributed by atoms with E-state index in [4.69, 9.17) is 11.6 Å². The SMILES string of the molecule is O=C1Cc2cc(NS(=O)(=O)Cc3cccc(Cl)c3)ccc2N1. The summed E-state index contributed by atoms with van der Waals surface area (Å²) >= 11 is 5.86. The lowest BCUT2D eigenvalue weighted by Crippen LogP contribution is -2.15. The molecular weight excluding hydrogens is 324 g/mol. The summed E-state index contributed by atoms with van der Waals surface area (Å²) in [5.41, 5.74) is 2.56. The first kappa shape index (κ1) is 14.9. The van der Waals surface area contributed by atoms with E-state index in [0.717, 1.165) is 11.3 Å². The molecule has 1 amide bonds. The van der Waals surface area contributed by atoms with Gasteiger partial charge in [-0.25, -0.2) is 8.42 Å². The lowest BCUT2D eigenvalue weighted by Gasteiger charge is -2.09. The van der Waals surface area contributed by atoms with Crippen molar-refractivity contribution >= 4 is 38.9 Å². The highest BCUT2D eigenvalue weighted by atomic mass is 35.5. The molecule has 5 nitrogen and oxygen atoms in total. The van der Waals surface area contributed by atoms with Gasteiger partial charge in [0.25, 0.3) is 0 Å². The molecular formula is C15H13ClN2O3S. The molecule has 0 bridgehead atoms. The van der Waals surface area contributed by atoms with Gasteiger partial charge in [-0.15, -0.1) is 0 Å². The van der Waals surface area contributed by atoms with Gasteiger partial charge in [-0.05, 0) is 41.5 Å². The second kappa shape index (κ2) is 5.62. The molecule has 0 saturated carbocycles. The molecule has 0 unspecified atom stereocenters. The highest BCUT2D eigenvalue weighted by molar-refractivity contribution is 7.91. The average Bonchev–Trinajstić information content (AvgIpc) is 2.77. The fraction of sp³-hybridized carbons (Fsp3) is 0.133. The molecule has 114 valence electrons. The quantitative estimate of drug-likeness (QED) is 0.901. The molecule has 0 aromatic heterocycles. The van der Waals surface area contributed by atoms with Crippen molar-refractivity contribution in [2.75, 3.05) is 10.0 Å². The zero-order valence-corrected chi connectivity index (χ0v) is 13.0. The van der Waals surface area contributed by atoms with Crippen LogP contribution in [0, 0.1) is 0 Å². The number of fused-ring (bicyclic) bond motifs is 1. The van der Waals surface area contributed by atoms with Gasteiger partial charge in [0.2, 0.25) is 15.9 Å². The Kier molecular flexibility index (Phi) is 3.80. The Morgan fingerprint density at radius 1 is 1.18 bits per heavy atom. The molecule has 2 aromatic rings. The average molecular weight is 337 g/mol. The standard InChI is InChI=1S/C15H13ClN2O3S/c16-12-3-1-2-10(6-12)9-22(20,21)18-13-4-5-14-11(7-13)8-15(19)17-14/h1-7,18H,8-9H2,(H,17,19). The maximum atomic E-state index is 12.2. The van der Waals surface area contributed by atoms with Gasteiger partial charge in [-0.1, -0.05) is 23.7 Å². The predicted molar refractivity (Wildman–Crippen MR) is 86.5 cm³/mol. The first-order valence-corrected chi connectivity index (χ1v) is 8.62. The number of halogens is 1. The lowest BCUT2D eigenvalue weighted by molar-refractivity contribution is -0.115. The first-order valence-electron chi connectivity index (χ1n) is 6.59. The van der Waals surface area contributed by atoms with E-state index < -0.39 is 10.0 Å². The Bertz CT molecular complexity index is 850. The molecule has 2 aromatic carbocycles. The number of sulfonamides is 1. The number of anilines is 2. The molecule has 3 rings (SSSR count). The van der Waals surface area contributed by atoms with Crippen LogP contribution in [0.4, 0.5) is 11.4 Å². The van der Waals surface area contributed by atoms with E-state index in [1.165, 1.54) is 0 Å². The molecule has 1 aliphatic rings. The summed E-state index contributed by atoms with van der Waals surface area (Å²) in [5.74, 6) is -0.254. The van der Waals surface area contributed by atoms with Gasteiger partial charge in [0, 0.05) is 16.4 Å². The van der Waals surface area contributed by atoms with Crippen LogP contribution in [0.1, 0.15) is 11.1 Å². The van der Waals surface area contributed by atoms with E-state index in [0.29, 0.717) is 16.3 Å². The van der Waals surface area contributed by atoms with Crippen LogP contribution in [-0.4, -0.2) is 14.3 Å². The van der Waals surface area contributed by atoms with Crippen LogP contribution in [0.15, 0.2) is 42.5 Å². The molecule has 0 atom stereocenters. The minimum atomic E-state index is -3.55. The number of hydrogen-bond acceptors (Lipinski definition) is 3. The molecule has 2 N–H and O–H groups in total. The molecule has 1 heterocycles. The maximum absolute atomic E-state index is 12.2. The number of hydrogen-bond donors (Lipinski definition) is 2. The van der Waals surface area contributed by atoms with Crippen molar-refractivity contribution in [2.45, 2.75) is 12.2 Å². The summed E-state index contributed by atoms with van der Waals surface area (Å²) in [7, 11) is -3.55. The summed E-state index contributed by atoms with van der Waals surface area (Å²) in [6.45, 7) is 0. The minimum absolute atomic E-state index is 0.0889. The summed E-state index contributed by atoms with van der Waals surface area (Å²) in [6.07, 6.45) is 0.263. The molecule has 0 radical (unpaired) electrons. The highest BCUT2D eigenvalue weighted by Crippen LogP contribution is 2.26. The summed E-state index contributed by atoms with van der Waals surface area (Å²) in [5, 5.41) is 3.20. The third kappa shape index (κ3) is 3.40. The van der Waals surface area contributed by atoms with Crippen LogP contribution in [0.25, 0.3) is 0 Å². The zero-order valence-electron chi connectivity index (χ0n) is 11.5. The van der Waals surface area contributed by atoms with Gasteiger partial charge in [0.05, 0.1) is 12.2 Å². The normalized spacial score (nSPS) is 13.6. The number of amides is 1. The Hall–Kier alpha value is -2.05. The molecule has 0 aliphatic carbocycles. The number of carbonyl (C=O) groups excluding carboxylic acids is 1. The van der Waals surface area contributed by atoms with Gasteiger partial charge < -0.3 is 5.32 Å². The number of carbonyl (C=O) groups is 1. The second-order valence-corrected chi connectivity index (χ2v) is 7.25. The smallest absolute Gasteiger partial charge is 0.236 e. The van der Waals surface area contributed by atoms with Crippen molar-refractivity contribution < 1.29 is 13.2 Å². The zero-order chi connectivity index (χ0) is 15.7. The largest absolute Gasteiger partial charge is 0.326 e. The van der Waals surface area contributed by atoms with E-state index in [1.807, 2.05) is 0 Å². The topological polar surface area (TPSA) is 75.3 Å². The van der Waals surface area contributed by atoms with Crippen molar-refractivity contribution in [1.82, 2.24) is 0 Å². The summed E-state index contributed by atoms with van der Waals surface area (Å²) < 4.78 is 26.9. The van der Waals surface area contributed by atoms with E-state index in [-0.39, 0.29) is 18.1 Å². The Morgan fingerprint density at radius 3 is 2.77 bits per heavy atom. The van der Waals surface area contributed by atoms with Crippen LogP contribution in [-0.2, 0) is 27.0 Å². The van der Waals surface area contributed by atoms with Gasteiger partial charge in [-0.3, -0.25) is 9.52 Å². The molecule has 0 fully saturated rings. The third-order valence-corrected chi connectivity index (χ3v) is 4.74. The minimum Gasteiger partial charge on any atom is -0.326 e. The van der Waals surface area contributed by atoms with Crippen LogP contribution >= 0.6 is 11.6 Å². The van der Waals surface area contributed by atoms with Crippen molar-refractivity contribution in [3.63, 3.8) is 0 Å². The van der Waals surface area contributed by atoms with Crippen molar-refractivity contribution in [3.8, 4) is 0 Å². The lowest BCUT2D eigenvalue weighted by atomic mass is 10.1. The van der Waals surface area contributed by atoms with E-state index >= 15 is 0 Å². The molecule has 7 heteroatoms. The molecule has 1 aliphatic heterocycles. The van der Waals surface area contributed by atoms with Crippen molar-refractivity contribution in [1.29, 1.82) is 0 Å². The van der Waals surface area contributed by atoms with Gasteiger partial charge in [0.15, 0.2) is 0 Å². The van der Waals surface area contributed by atoms with Crippen LogP contribution in [0.5, 0.6) is 0 Å². The number of rotatable bonds is 4. The highest BCUT2D eigenvalue weighted by Gasteiger charge is 2.19. The van der Waals surface area contributed by atoms with Gasteiger partial charge in [0.1, 0.15) is 0 Å². The van der Waals surface area contributed by atoms with Crippen LogP contribution in [0.2, 0.25) is 5.02 Å². The van der Waals surface area contributed by atoms with Crippen molar-refractivity contribution in [3.05, 3.63) is 58.6 Å². The van der Waals surface area contributed by atoms with E-state index in [9.17, 15) is 13.2 Å². The van der Waals surface area contributed by atoms with Crippen LogP contribution in [0.3, 0.4) is 0 Å². The predicted octanol–water partition coefficient (Wildman–Crippen LogP) is 2.78. The fourth-order valence-electron chi connectivity index (χ4n) is 2.35. The molecule has 22 heavy (non-hydrogen) atoms. The Balaban J connectivity index is 1.77. The van der Waals surface area contributed by atoms with Gasteiger partial charge >= 0.3 is 0 Å². The Labute approximate surface area is 133 Å².